The highest BCUT2D eigenvalue weighted by atomic mass is 32.1. The summed E-state index contributed by atoms with van der Waals surface area (Å²) in [7, 11) is 4.34. The lowest BCUT2D eigenvalue weighted by molar-refractivity contribution is 0.106. The van der Waals surface area contributed by atoms with E-state index in [0.29, 0.717) is 0 Å². The first kappa shape index (κ1) is 12.0. The van der Waals surface area contributed by atoms with Crippen molar-refractivity contribution in [3.05, 3.63) is 22.4 Å². The van der Waals surface area contributed by atoms with Crippen molar-refractivity contribution in [2.75, 3.05) is 14.1 Å². The van der Waals surface area contributed by atoms with Gasteiger partial charge in [-0.3, -0.25) is 11.3 Å². The Morgan fingerprint density at radius 1 is 1.44 bits per heavy atom. The van der Waals surface area contributed by atoms with Crippen LogP contribution in [0.5, 0.6) is 0 Å². The molecule has 16 heavy (non-hydrogen) atoms. The Labute approximate surface area is 102 Å². The minimum atomic E-state index is 0.194. The summed E-state index contributed by atoms with van der Waals surface area (Å²) in [4.78, 5) is 3.70. The molecular formula is C12H21N3S. The normalized spacial score (nSPS) is 21.5. The number of hydrogen-bond donors (Lipinski definition) is 2. The van der Waals surface area contributed by atoms with Crippen molar-refractivity contribution < 1.29 is 0 Å². The summed E-state index contributed by atoms with van der Waals surface area (Å²) in [5.41, 5.74) is 3.23. The van der Waals surface area contributed by atoms with Crippen molar-refractivity contribution in [3.8, 4) is 0 Å². The molecule has 3 nitrogen and oxygen atoms in total. The molecule has 1 saturated carbocycles. The topological polar surface area (TPSA) is 41.3 Å². The Bertz CT molecular complexity index is 315. The molecule has 0 bridgehead atoms. The van der Waals surface area contributed by atoms with Gasteiger partial charge in [0.25, 0.3) is 0 Å². The van der Waals surface area contributed by atoms with Crippen LogP contribution in [0, 0.1) is 0 Å². The molecule has 0 radical (unpaired) electrons. The van der Waals surface area contributed by atoms with Gasteiger partial charge in [0.15, 0.2) is 0 Å². The van der Waals surface area contributed by atoms with Crippen LogP contribution in [0.2, 0.25) is 0 Å². The SMILES string of the molecule is CN(C)C1(C(NN)c2cccs2)CCCC1. The van der Waals surface area contributed by atoms with Gasteiger partial charge in [-0.05, 0) is 38.4 Å². The maximum Gasteiger partial charge on any atom is 0.0736 e. The van der Waals surface area contributed by atoms with E-state index in [0.717, 1.165) is 0 Å². The molecule has 0 saturated heterocycles. The van der Waals surface area contributed by atoms with Crippen molar-refractivity contribution in [2.45, 2.75) is 37.3 Å². The molecule has 0 spiro atoms. The van der Waals surface area contributed by atoms with Crippen LogP contribution < -0.4 is 11.3 Å². The van der Waals surface area contributed by atoms with Crippen molar-refractivity contribution >= 4 is 11.3 Å². The third-order valence-corrected chi connectivity index (χ3v) is 4.83. The molecule has 1 aromatic heterocycles. The average Bonchev–Trinajstić information content (AvgIpc) is 2.89. The highest BCUT2D eigenvalue weighted by molar-refractivity contribution is 7.10. The maximum atomic E-state index is 5.80. The van der Waals surface area contributed by atoms with Crippen LogP contribution in [0.3, 0.4) is 0 Å². The fourth-order valence-corrected chi connectivity index (χ4v) is 3.83. The fraction of sp³-hybridized carbons (Fsp3) is 0.667. The van der Waals surface area contributed by atoms with E-state index in [4.69, 9.17) is 5.84 Å². The van der Waals surface area contributed by atoms with E-state index in [1.807, 2.05) is 0 Å². The predicted molar refractivity (Wildman–Crippen MR) is 69.3 cm³/mol. The summed E-state index contributed by atoms with van der Waals surface area (Å²) in [5.74, 6) is 5.80. The lowest BCUT2D eigenvalue weighted by Gasteiger charge is -2.42. The van der Waals surface area contributed by atoms with E-state index in [9.17, 15) is 0 Å². The maximum absolute atomic E-state index is 5.80. The predicted octanol–water partition coefficient (Wildman–Crippen LogP) is 2.13. The van der Waals surface area contributed by atoms with Gasteiger partial charge in [-0.2, -0.15) is 0 Å². The first-order valence-electron chi connectivity index (χ1n) is 5.88. The van der Waals surface area contributed by atoms with E-state index in [1.54, 1.807) is 11.3 Å². The lowest BCUT2D eigenvalue weighted by atomic mass is 9.86. The van der Waals surface area contributed by atoms with E-state index in [1.165, 1.54) is 30.6 Å². The molecule has 1 unspecified atom stereocenters. The molecule has 1 atom stereocenters. The minimum Gasteiger partial charge on any atom is -0.302 e. The Morgan fingerprint density at radius 3 is 2.56 bits per heavy atom. The van der Waals surface area contributed by atoms with E-state index in [-0.39, 0.29) is 11.6 Å². The van der Waals surface area contributed by atoms with E-state index >= 15 is 0 Å². The molecular weight excluding hydrogens is 218 g/mol. The molecule has 1 aromatic rings. The average molecular weight is 239 g/mol. The summed E-state index contributed by atoms with van der Waals surface area (Å²) in [6.07, 6.45) is 5.07. The third kappa shape index (κ3) is 1.91. The quantitative estimate of drug-likeness (QED) is 0.625. The molecule has 1 aliphatic carbocycles. The molecule has 1 fully saturated rings. The molecule has 2 rings (SSSR count). The molecule has 1 aliphatic rings. The van der Waals surface area contributed by atoms with Crippen LogP contribution >= 0.6 is 11.3 Å². The number of nitrogens with one attached hydrogen (secondary N) is 1. The summed E-state index contributed by atoms with van der Waals surface area (Å²) in [5, 5.41) is 2.12. The largest absolute Gasteiger partial charge is 0.302 e. The smallest absolute Gasteiger partial charge is 0.0736 e. The second kappa shape index (κ2) is 4.84. The first-order valence-corrected chi connectivity index (χ1v) is 6.75. The number of likely N-dealkylation sites (N-methyl/N-ethyl adjacent to an activating group) is 1. The van der Waals surface area contributed by atoms with Crippen molar-refractivity contribution in [2.24, 2.45) is 5.84 Å². The van der Waals surface area contributed by atoms with Gasteiger partial charge in [-0.25, -0.2) is 0 Å². The van der Waals surface area contributed by atoms with Crippen LogP contribution in [0.15, 0.2) is 17.5 Å². The van der Waals surface area contributed by atoms with Gasteiger partial charge >= 0.3 is 0 Å². The number of thiophene rings is 1. The Kier molecular flexibility index (Phi) is 3.64. The first-order chi connectivity index (χ1) is 7.70. The van der Waals surface area contributed by atoms with Gasteiger partial charge in [0.1, 0.15) is 0 Å². The van der Waals surface area contributed by atoms with E-state index in [2.05, 4.69) is 41.9 Å². The summed E-state index contributed by atoms with van der Waals surface area (Å²) in [6.45, 7) is 0. The molecule has 3 N–H and O–H groups in total. The van der Waals surface area contributed by atoms with Crippen molar-refractivity contribution in [1.82, 2.24) is 10.3 Å². The Morgan fingerprint density at radius 2 is 2.12 bits per heavy atom. The summed E-state index contributed by atoms with van der Waals surface area (Å²) >= 11 is 1.79. The fourth-order valence-electron chi connectivity index (χ4n) is 2.94. The molecule has 1 heterocycles. The highest BCUT2D eigenvalue weighted by Gasteiger charge is 2.43. The zero-order chi connectivity index (χ0) is 11.6. The molecule has 0 aromatic carbocycles. The lowest BCUT2D eigenvalue weighted by Crippen LogP contribution is -2.53. The number of nitrogens with zero attached hydrogens (tertiary/aromatic N) is 1. The van der Waals surface area contributed by atoms with Gasteiger partial charge in [0, 0.05) is 10.4 Å². The third-order valence-electron chi connectivity index (χ3n) is 3.89. The van der Waals surface area contributed by atoms with Gasteiger partial charge in [0.05, 0.1) is 6.04 Å². The standard InChI is InChI=1S/C12H21N3S/c1-15(2)12(7-3-4-8-12)11(14-13)10-6-5-9-16-10/h5-6,9,11,14H,3-4,7-8,13H2,1-2H3. The number of hydrogen-bond acceptors (Lipinski definition) is 4. The summed E-state index contributed by atoms with van der Waals surface area (Å²) < 4.78 is 0. The van der Waals surface area contributed by atoms with Crippen LogP contribution in [0.4, 0.5) is 0 Å². The second-order valence-corrected chi connectivity index (χ2v) is 5.80. The molecule has 0 aliphatic heterocycles. The highest BCUT2D eigenvalue weighted by Crippen LogP contribution is 2.43. The number of nitrogens with two attached hydrogens (primary N) is 1. The molecule has 4 heteroatoms. The zero-order valence-electron chi connectivity index (χ0n) is 10.1. The van der Waals surface area contributed by atoms with Crippen LogP contribution in [0.1, 0.15) is 36.6 Å². The van der Waals surface area contributed by atoms with Gasteiger partial charge < -0.3 is 4.90 Å². The Hall–Kier alpha value is -0.420. The van der Waals surface area contributed by atoms with Crippen LogP contribution in [-0.4, -0.2) is 24.5 Å². The van der Waals surface area contributed by atoms with Gasteiger partial charge in [0.2, 0.25) is 0 Å². The summed E-state index contributed by atoms with van der Waals surface area (Å²) in [6, 6.07) is 4.53. The van der Waals surface area contributed by atoms with Crippen molar-refractivity contribution in [3.63, 3.8) is 0 Å². The minimum absolute atomic E-state index is 0.194. The Balaban J connectivity index is 2.30. The van der Waals surface area contributed by atoms with Gasteiger partial charge in [-0.1, -0.05) is 18.9 Å². The number of hydrazine groups is 1. The molecule has 90 valence electrons. The zero-order valence-corrected chi connectivity index (χ0v) is 10.9. The molecule has 0 amide bonds. The van der Waals surface area contributed by atoms with Crippen LogP contribution in [0.25, 0.3) is 0 Å². The van der Waals surface area contributed by atoms with Crippen molar-refractivity contribution in [1.29, 1.82) is 0 Å². The second-order valence-electron chi connectivity index (χ2n) is 4.82. The number of rotatable bonds is 4. The van der Waals surface area contributed by atoms with E-state index < -0.39 is 0 Å². The monoisotopic (exact) mass is 239 g/mol. The van der Waals surface area contributed by atoms with Crippen LogP contribution in [-0.2, 0) is 0 Å². The van der Waals surface area contributed by atoms with Gasteiger partial charge in [-0.15, -0.1) is 11.3 Å².